The molecule has 2 rings (SSSR count). The van der Waals surface area contributed by atoms with E-state index in [0.717, 1.165) is 10.5 Å². The lowest BCUT2D eigenvalue weighted by Crippen LogP contribution is -2.19. The van der Waals surface area contributed by atoms with Gasteiger partial charge in [0.1, 0.15) is 11.6 Å². The summed E-state index contributed by atoms with van der Waals surface area (Å²) in [5, 5.41) is 21.9. The van der Waals surface area contributed by atoms with Crippen LogP contribution in [0.25, 0.3) is 0 Å². The molecule has 0 saturated heterocycles. The van der Waals surface area contributed by atoms with E-state index in [4.69, 9.17) is 5.26 Å². The van der Waals surface area contributed by atoms with Crippen molar-refractivity contribution < 1.29 is 14.3 Å². The Labute approximate surface area is 133 Å². The molecule has 0 aliphatic rings. The normalized spacial score (nSPS) is 10.4. The van der Waals surface area contributed by atoms with Crippen LogP contribution in [0.4, 0.5) is 4.39 Å². The number of amides is 1. The fraction of sp³-hybridized carbons (Fsp3) is 0. The van der Waals surface area contributed by atoms with E-state index in [1.54, 1.807) is 18.2 Å². The minimum Gasteiger partial charge on any atom is -0.507 e. The number of hydrogen-bond donors (Lipinski definition) is 2. The van der Waals surface area contributed by atoms with Gasteiger partial charge in [-0.3, -0.25) is 4.79 Å². The third-order valence-electron chi connectivity index (χ3n) is 2.70. The molecule has 0 aromatic heterocycles. The summed E-state index contributed by atoms with van der Waals surface area (Å²) in [6.45, 7) is 0. The molecule has 0 spiro atoms. The van der Waals surface area contributed by atoms with Gasteiger partial charge in [-0.1, -0.05) is 15.9 Å². The van der Waals surface area contributed by atoms with Crippen LogP contribution in [0.1, 0.15) is 21.5 Å². The second-order valence-corrected chi connectivity index (χ2v) is 5.12. The summed E-state index contributed by atoms with van der Waals surface area (Å²) >= 11 is 3.24. The number of benzene rings is 2. The largest absolute Gasteiger partial charge is 0.507 e. The average Bonchev–Trinajstić information content (AvgIpc) is 2.50. The number of aromatic hydroxyl groups is 1. The number of nitrogens with one attached hydrogen (secondary N) is 1. The number of phenolic OH excluding ortho intramolecular Hbond substituents is 1. The molecule has 1 amide bonds. The fourth-order valence-electron chi connectivity index (χ4n) is 1.62. The zero-order chi connectivity index (χ0) is 16.1. The molecule has 110 valence electrons. The van der Waals surface area contributed by atoms with Crippen molar-refractivity contribution in [2.45, 2.75) is 0 Å². The predicted molar refractivity (Wildman–Crippen MR) is 82.0 cm³/mol. The Morgan fingerprint density at radius 1 is 1.36 bits per heavy atom. The maximum absolute atomic E-state index is 13.6. The molecule has 5 nitrogen and oxygen atoms in total. The first-order chi connectivity index (χ1) is 10.5. The van der Waals surface area contributed by atoms with Crippen molar-refractivity contribution in [3.05, 3.63) is 63.4 Å². The van der Waals surface area contributed by atoms with Gasteiger partial charge >= 0.3 is 0 Å². The highest BCUT2D eigenvalue weighted by atomic mass is 79.9. The van der Waals surface area contributed by atoms with Crippen molar-refractivity contribution in [1.82, 2.24) is 5.43 Å². The van der Waals surface area contributed by atoms with Crippen LogP contribution in [-0.4, -0.2) is 17.2 Å². The van der Waals surface area contributed by atoms with E-state index < -0.39 is 11.7 Å². The van der Waals surface area contributed by atoms with Gasteiger partial charge in [-0.15, -0.1) is 0 Å². The molecule has 2 N–H and O–H groups in total. The summed E-state index contributed by atoms with van der Waals surface area (Å²) in [6, 6.07) is 10.0. The van der Waals surface area contributed by atoms with Gasteiger partial charge in [0.15, 0.2) is 0 Å². The van der Waals surface area contributed by atoms with Gasteiger partial charge in [-0.2, -0.15) is 10.4 Å². The number of carbonyl (C=O) groups is 1. The number of carbonyl (C=O) groups excluding carboxylic acids is 1. The summed E-state index contributed by atoms with van der Waals surface area (Å²) in [4.78, 5) is 11.8. The molecule has 2 aromatic rings. The molecule has 0 radical (unpaired) electrons. The van der Waals surface area contributed by atoms with Gasteiger partial charge in [-0.05, 0) is 36.4 Å². The van der Waals surface area contributed by atoms with Crippen LogP contribution in [0.2, 0.25) is 0 Å². The van der Waals surface area contributed by atoms with Crippen LogP contribution < -0.4 is 5.43 Å². The molecule has 0 aliphatic heterocycles. The van der Waals surface area contributed by atoms with Gasteiger partial charge in [-0.25, -0.2) is 9.82 Å². The Bertz CT molecular complexity index is 800. The molecule has 22 heavy (non-hydrogen) atoms. The molecule has 7 heteroatoms. The molecule has 0 atom stereocenters. The quantitative estimate of drug-likeness (QED) is 0.650. The first kappa shape index (κ1) is 15.7. The maximum Gasteiger partial charge on any atom is 0.274 e. The van der Waals surface area contributed by atoms with Crippen molar-refractivity contribution in [1.29, 1.82) is 5.26 Å². The standard InChI is InChI=1S/C15H9BrFN3O2/c16-11-2-4-14(21)10(6-11)8-19-20-15(22)12-3-1-9(7-18)5-13(12)17/h1-6,8,21H,(H,20,22)/b19-8-. The minimum absolute atomic E-state index is 0.00856. The number of halogens is 2. The van der Waals surface area contributed by atoms with Crippen LogP contribution in [0, 0.1) is 17.1 Å². The van der Waals surface area contributed by atoms with E-state index in [9.17, 15) is 14.3 Å². The monoisotopic (exact) mass is 361 g/mol. The highest BCUT2D eigenvalue weighted by Gasteiger charge is 2.11. The van der Waals surface area contributed by atoms with Crippen molar-refractivity contribution >= 4 is 28.1 Å². The highest BCUT2D eigenvalue weighted by molar-refractivity contribution is 9.10. The third kappa shape index (κ3) is 3.68. The van der Waals surface area contributed by atoms with Gasteiger partial charge in [0, 0.05) is 10.0 Å². The van der Waals surface area contributed by atoms with E-state index in [1.807, 2.05) is 0 Å². The molecule has 0 aliphatic carbocycles. The van der Waals surface area contributed by atoms with Crippen molar-refractivity contribution in [3.8, 4) is 11.8 Å². The highest BCUT2D eigenvalue weighted by Crippen LogP contribution is 2.20. The number of phenols is 1. The molecule has 2 aromatic carbocycles. The van der Waals surface area contributed by atoms with E-state index in [2.05, 4.69) is 26.5 Å². The molecule has 0 bridgehead atoms. The number of hydrazone groups is 1. The smallest absolute Gasteiger partial charge is 0.274 e. The zero-order valence-corrected chi connectivity index (χ0v) is 12.6. The summed E-state index contributed by atoms with van der Waals surface area (Å²) < 4.78 is 14.4. The fourth-order valence-corrected chi connectivity index (χ4v) is 2.00. The van der Waals surface area contributed by atoms with Crippen molar-refractivity contribution in [2.24, 2.45) is 5.10 Å². The molecule has 0 saturated carbocycles. The van der Waals surface area contributed by atoms with Gasteiger partial charge in [0.05, 0.1) is 23.4 Å². The van der Waals surface area contributed by atoms with Crippen LogP contribution in [-0.2, 0) is 0 Å². The maximum atomic E-state index is 13.6. The Kier molecular flexibility index (Phi) is 4.86. The first-order valence-corrected chi connectivity index (χ1v) is 6.82. The second-order valence-electron chi connectivity index (χ2n) is 4.21. The first-order valence-electron chi connectivity index (χ1n) is 6.03. The Morgan fingerprint density at radius 3 is 2.82 bits per heavy atom. The molecule has 0 fully saturated rings. The van der Waals surface area contributed by atoms with E-state index in [1.165, 1.54) is 24.4 Å². The lowest BCUT2D eigenvalue weighted by molar-refractivity contribution is 0.0951. The third-order valence-corrected chi connectivity index (χ3v) is 3.20. The lowest BCUT2D eigenvalue weighted by atomic mass is 10.1. The van der Waals surface area contributed by atoms with Crippen LogP contribution in [0.3, 0.4) is 0 Å². The van der Waals surface area contributed by atoms with Gasteiger partial charge < -0.3 is 5.11 Å². The number of nitrogens with zero attached hydrogens (tertiary/aromatic N) is 2. The Balaban J connectivity index is 2.11. The number of rotatable bonds is 3. The van der Waals surface area contributed by atoms with E-state index in [-0.39, 0.29) is 16.9 Å². The van der Waals surface area contributed by atoms with Crippen LogP contribution in [0.5, 0.6) is 5.75 Å². The van der Waals surface area contributed by atoms with Gasteiger partial charge in [0.25, 0.3) is 5.91 Å². The Hall–Kier alpha value is -2.72. The molecule has 0 heterocycles. The Morgan fingerprint density at radius 2 is 2.14 bits per heavy atom. The second kappa shape index (κ2) is 6.83. The van der Waals surface area contributed by atoms with Crippen molar-refractivity contribution in [3.63, 3.8) is 0 Å². The SMILES string of the molecule is N#Cc1ccc(C(=O)N/N=C\c2cc(Br)ccc2O)c(F)c1. The lowest BCUT2D eigenvalue weighted by Gasteiger charge is -2.02. The van der Waals surface area contributed by atoms with Crippen LogP contribution >= 0.6 is 15.9 Å². The summed E-state index contributed by atoms with van der Waals surface area (Å²) in [7, 11) is 0. The average molecular weight is 362 g/mol. The molecule has 0 unspecified atom stereocenters. The summed E-state index contributed by atoms with van der Waals surface area (Å²) in [5.41, 5.74) is 2.43. The van der Waals surface area contributed by atoms with E-state index in [0.29, 0.717) is 5.56 Å². The van der Waals surface area contributed by atoms with Crippen molar-refractivity contribution in [2.75, 3.05) is 0 Å². The van der Waals surface area contributed by atoms with Crippen LogP contribution in [0.15, 0.2) is 46.0 Å². The summed E-state index contributed by atoms with van der Waals surface area (Å²) in [6.07, 6.45) is 1.24. The predicted octanol–water partition coefficient (Wildman–Crippen LogP) is 2.93. The minimum atomic E-state index is -0.808. The summed E-state index contributed by atoms with van der Waals surface area (Å²) in [5.74, 6) is -1.57. The van der Waals surface area contributed by atoms with E-state index >= 15 is 0 Å². The van der Waals surface area contributed by atoms with Gasteiger partial charge in [0.2, 0.25) is 0 Å². The molecular weight excluding hydrogens is 353 g/mol. The zero-order valence-electron chi connectivity index (χ0n) is 11.0. The number of nitriles is 1. The molecular formula is C15H9BrFN3O2. The number of hydrogen-bond acceptors (Lipinski definition) is 4. The topological polar surface area (TPSA) is 85.5 Å².